The summed E-state index contributed by atoms with van der Waals surface area (Å²) >= 11 is 0. The molecular formula is C21H28N6. The smallest absolute Gasteiger partial charge is 0.158 e. The molecule has 3 aromatic rings. The van der Waals surface area contributed by atoms with Crippen LogP contribution in [0.1, 0.15) is 43.7 Å². The van der Waals surface area contributed by atoms with Crippen LogP contribution in [-0.4, -0.2) is 38.6 Å². The third-order valence-electron chi connectivity index (χ3n) is 5.38. The molecule has 2 aromatic heterocycles. The van der Waals surface area contributed by atoms with E-state index in [0.717, 1.165) is 49.5 Å². The number of nitrogens with zero attached hydrogens (tertiary/aromatic N) is 4. The van der Waals surface area contributed by atoms with Gasteiger partial charge in [-0.05, 0) is 61.2 Å². The molecule has 1 aliphatic rings. The number of fused-ring (bicyclic) bond motifs is 1. The zero-order valence-corrected chi connectivity index (χ0v) is 16.1. The molecule has 0 atom stereocenters. The first kappa shape index (κ1) is 17.9. The Balaban J connectivity index is 1.61. The molecule has 0 saturated carbocycles. The first-order chi connectivity index (χ1) is 13.1. The SMILES string of the molecule is CC(C)c1cccc(Nc2ncnn3ccc(CN4CCC(N)CC4)c23)c1. The number of anilines is 2. The molecule has 0 spiro atoms. The first-order valence-electron chi connectivity index (χ1n) is 9.76. The van der Waals surface area contributed by atoms with Gasteiger partial charge in [0, 0.05) is 24.5 Å². The lowest BCUT2D eigenvalue weighted by Gasteiger charge is -2.29. The highest BCUT2D eigenvalue weighted by atomic mass is 15.3. The Hall–Kier alpha value is -2.44. The largest absolute Gasteiger partial charge is 0.338 e. The molecule has 0 bridgehead atoms. The minimum Gasteiger partial charge on any atom is -0.338 e. The summed E-state index contributed by atoms with van der Waals surface area (Å²) in [6.07, 6.45) is 5.74. The summed E-state index contributed by atoms with van der Waals surface area (Å²) in [6.45, 7) is 7.41. The summed E-state index contributed by atoms with van der Waals surface area (Å²) in [6, 6.07) is 11.0. The van der Waals surface area contributed by atoms with E-state index < -0.39 is 0 Å². The van der Waals surface area contributed by atoms with Gasteiger partial charge in [-0.15, -0.1) is 0 Å². The van der Waals surface area contributed by atoms with Crippen LogP contribution >= 0.6 is 0 Å². The third kappa shape index (κ3) is 3.96. The van der Waals surface area contributed by atoms with Crippen molar-refractivity contribution >= 4 is 17.0 Å². The quantitative estimate of drug-likeness (QED) is 0.725. The van der Waals surface area contributed by atoms with Crippen molar-refractivity contribution in [3.05, 3.63) is 54.0 Å². The Kier molecular flexibility index (Phi) is 5.09. The van der Waals surface area contributed by atoms with Gasteiger partial charge in [-0.25, -0.2) is 9.50 Å². The van der Waals surface area contributed by atoms with Crippen LogP contribution < -0.4 is 11.1 Å². The Labute approximate surface area is 160 Å². The lowest BCUT2D eigenvalue weighted by Crippen LogP contribution is -2.39. The number of likely N-dealkylation sites (tertiary alicyclic amines) is 1. The molecule has 0 aliphatic carbocycles. The van der Waals surface area contributed by atoms with Gasteiger partial charge in [-0.1, -0.05) is 26.0 Å². The van der Waals surface area contributed by atoms with E-state index in [4.69, 9.17) is 5.73 Å². The van der Waals surface area contributed by atoms with Crippen LogP contribution in [0.5, 0.6) is 0 Å². The lowest BCUT2D eigenvalue weighted by atomic mass is 10.0. The first-order valence-corrected chi connectivity index (χ1v) is 9.76. The molecule has 0 amide bonds. The molecule has 27 heavy (non-hydrogen) atoms. The van der Waals surface area contributed by atoms with Gasteiger partial charge < -0.3 is 11.1 Å². The number of rotatable bonds is 5. The number of hydrogen-bond acceptors (Lipinski definition) is 5. The summed E-state index contributed by atoms with van der Waals surface area (Å²) in [4.78, 5) is 7.00. The molecule has 6 heteroatoms. The maximum absolute atomic E-state index is 6.04. The summed E-state index contributed by atoms with van der Waals surface area (Å²) in [5, 5.41) is 7.88. The molecule has 1 fully saturated rings. The van der Waals surface area contributed by atoms with Crippen molar-refractivity contribution in [1.82, 2.24) is 19.5 Å². The van der Waals surface area contributed by atoms with E-state index in [-0.39, 0.29) is 0 Å². The van der Waals surface area contributed by atoms with Gasteiger partial charge in [-0.2, -0.15) is 5.10 Å². The van der Waals surface area contributed by atoms with Crippen molar-refractivity contribution < 1.29 is 0 Å². The van der Waals surface area contributed by atoms with Crippen LogP contribution in [-0.2, 0) is 6.54 Å². The summed E-state index contributed by atoms with van der Waals surface area (Å²) in [5.41, 5.74) is 10.7. The van der Waals surface area contributed by atoms with Crippen molar-refractivity contribution in [2.75, 3.05) is 18.4 Å². The molecule has 1 aliphatic heterocycles. The predicted octanol–water partition coefficient (Wildman–Crippen LogP) is 3.52. The fourth-order valence-corrected chi connectivity index (χ4v) is 3.70. The van der Waals surface area contributed by atoms with Crippen molar-refractivity contribution in [3.63, 3.8) is 0 Å². The summed E-state index contributed by atoms with van der Waals surface area (Å²) < 4.78 is 1.91. The average Bonchev–Trinajstić information content (AvgIpc) is 3.08. The maximum atomic E-state index is 6.04. The van der Waals surface area contributed by atoms with E-state index in [9.17, 15) is 0 Å². The van der Waals surface area contributed by atoms with Crippen molar-refractivity contribution in [3.8, 4) is 0 Å². The molecule has 3 N–H and O–H groups in total. The van der Waals surface area contributed by atoms with Crippen molar-refractivity contribution in [2.24, 2.45) is 5.73 Å². The predicted molar refractivity (Wildman–Crippen MR) is 109 cm³/mol. The van der Waals surface area contributed by atoms with Crippen LogP contribution in [0.25, 0.3) is 5.52 Å². The molecule has 142 valence electrons. The van der Waals surface area contributed by atoms with E-state index in [1.165, 1.54) is 11.1 Å². The highest BCUT2D eigenvalue weighted by Crippen LogP contribution is 2.26. The second-order valence-corrected chi connectivity index (χ2v) is 7.76. The van der Waals surface area contributed by atoms with E-state index in [1.54, 1.807) is 6.33 Å². The monoisotopic (exact) mass is 364 g/mol. The lowest BCUT2D eigenvalue weighted by molar-refractivity contribution is 0.206. The molecule has 1 aromatic carbocycles. The highest BCUT2D eigenvalue weighted by molar-refractivity contribution is 5.76. The molecule has 1 saturated heterocycles. The van der Waals surface area contributed by atoms with Crippen LogP contribution in [0.2, 0.25) is 0 Å². The van der Waals surface area contributed by atoms with E-state index in [2.05, 4.69) is 64.5 Å². The van der Waals surface area contributed by atoms with Gasteiger partial charge in [-0.3, -0.25) is 4.90 Å². The molecule has 4 rings (SSSR count). The fourth-order valence-electron chi connectivity index (χ4n) is 3.70. The minimum atomic E-state index is 0.348. The topological polar surface area (TPSA) is 71.5 Å². The molecule has 0 unspecified atom stereocenters. The zero-order valence-electron chi connectivity index (χ0n) is 16.1. The van der Waals surface area contributed by atoms with E-state index in [1.807, 2.05) is 10.7 Å². The molecular weight excluding hydrogens is 336 g/mol. The number of hydrogen-bond donors (Lipinski definition) is 2. The number of nitrogens with two attached hydrogens (primary N) is 1. The summed E-state index contributed by atoms with van der Waals surface area (Å²) in [5.74, 6) is 1.34. The maximum Gasteiger partial charge on any atom is 0.158 e. The fraction of sp³-hybridized carbons (Fsp3) is 0.429. The van der Waals surface area contributed by atoms with Crippen LogP contribution in [0, 0.1) is 0 Å². The molecule has 0 radical (unpaired) electrons. The van der Waals surface area contributed by atoms with Gasteiger partial charge >= 0.3 is 0 Å². The minimum absolute atomic E-state index is 0.348. The van der Waals surface area contributed by atoms with Gasteiger partial charge in [0.1, 0.15) is 11.8 Å². The number of piperidine rings is 1. The molecule has 3 heterocycles. The standard InChI is InChI=1S/C21H28N6/c1-15(2)16-4-3-5-19(12-16)25-21-20-17(6-11-27(20)24-14-23-21)13-26-9-7-18(22)8-10-26/h3-6,11-12,14-15,18H,7-10,13,22H2,1-2H3,(H,23,24,25). The Morgan fingerprint density at radius 1 is 1.22 bits per heavy atom. The number of nitrogens with one attached hydrogen (secondary N) is 1. The second kappa shape index (κ2) is 7.66. The van der Waals surface area contributed by atoms with Crippen molar-refractivity contribution in [2.45, 2.75) is 45.2 Å². The Morgan fingerprint density at radius 2 is 2.04 bits per heavy atom. The number of aromatic nitrogens is 3. The molecule has 6 nitrogen and oxygen atoms in total. The highest BCUT2D eigenvalue weighted by Gasteiger charge is 2.18. The normalized spacial score (nSPS) is 16.3. The van der Waals surface area contributed by atoms with Gasteiger partial charge in [0.15, 0.2) is 5.82 Å². The summed E-state index contributed by atoms with van der Waals surface area (Å²) in [7, 11) is 0. The number of benzene rings is 1. The van der Waals surface area contributed by atoms with Crippen LogP contribution in [0.15, 0.2) is 42.9 Å². The Bertz CT molecular complexity index is 908. The van der Waals surface area contributed by atoms with Gasteiger partial charge in [0.2, 0.25) is 0 Å². The third-order valence-corrected chi connectivity index (χ3v) is 5.38. The zero-order chi connectivity index (χ0) is 18.8. The van der Waals surface area contributed by atoms with Crippen LogP contribution in [0.4, 0.5) is 11.5 Å². The second-order valence-electron chi connectivity index (χ2n) is 7.76. The van der Waals surface area contributed by atoms with Crippen LogP contribution in [0.3, 0.4) is 0 Å². The van der Waals surface area contributed by atoms with Crippen molar-refractivity contribution in [1.29, 1.82) is 0 Å². The van der Waals surface area contributed by atoms with Gasteiger partial charge in [0.25, 0.3) is 0 Å². The van der Waals surface area contributed by atoms with E-state index >= 15 is 0 Å². The van der Waals surface area contributed by atoms with Gasteiger partial charge in [0.05, 0.1) is 0 Å². The van der Waals surface area contributed by atoms with E-state index in [0.29, 0.717) is 12.0 Å². The Morgan fingerprint density at radius 3 is 2.81 bits per heavy atom. The average molecular weight is 364 g/mol.